The second kappa shape index (κ2) is 15.1. The summed E-state index contributed by atoms with van der Waals surface area (Å²) in [5.74, 6) is 0. The van der Waals surface area contributed by atoms with Gasteiger partial charge in [0.05, 0.1) is 0 Å². The van der Waals surface area contributed by atoms with E-state index in [1.165, 1.54) is 49.9 Å². The maximum Gasteiger partial charge on any atom is 0.143 e. The zero-order chi connectivity index (χ0) is 39.8. The molecule has 0 aliphatic rings. The van der Waals surface area contributed by atoms with Gasteiger partial charge < -0.3 is 9.32 Å². The fraction of sp³-hybridized carbons (Fsp3) is 0. The average molecular weight is 766 g/mol. The van der Waals surface area contributed by atoms with Crippen molar-refractivity contribution >= 4 is 49.8 Å². The lowest BCUT2D eigenvalue weighted by Crippen LogP contribution is -2.10. The topological polar surface area (TPSA) is 16.4 Å². The molecule has 0 aliphatic heterocycles. The van der Waals surface area contributed by atoms with Crippen molar-refractivity contribution in [3.05, 3.63) is 237 Å². The van der Waals surface area contributed by atoms with Gasteiger partial charge >= 0.3 is 0 Å². The van der Waals surface area contributed by atoms with E-state index in [1.807, 2.05) is 0 Å². The summed E-state index contributed by atoms with van der Waals surface area (Å²) in [6.45, 7) is 0. The Bertz CT molecular complexity index is 3130. The molecule has 0 bridgehead atoms. The number of nitrogens with zero attached hydrogens (tertiary/aromatic N) is 1. The standard InChI is InChI=1S/C58H39NO/c1-3-11-40(12-4-1)42-21-25-44(26-22-42)46-29-34-50(35-30-46)59(51-36-31-47(32-37-51)45-27-23-43(24-28-45)41-13-5-2-6-14-41)52-17-9-16-49(39-52)53-19-10-20-56-57(53)55-38-33-48-15-7-8-18-54(48)58(55)60-56/h1-39H. The molecule has 0 atom stereocenters. The molecule has 2 heteroatoms. The van der Waals surface area contributed by atoms with Crippen LogP contribution in [-0.4, -0.2) is 0 Å². The van der Waals surface area contributed by atoms with Crippen LogP contribution in [0, 0.1) is 0 Å². The van der Waals surface area contributed by atoms with Crippen LogP contribution in [0.3, 0.4) is 0 Å². The Kier molecular flexibility index (Phi) is 8.87. The number of rotatable bonds is 8. The fourth-order valence-electron chi connectivity index (χ4n) is 8.63. The summed E-state index contributed by atoms with van der Waals surface area (Å²) in [5, 5.41) is 4.56. The highest BCUT2D eigenvalue weighted by Crippen LogP contribution is 2.43. The molecule has 60 heavy (non-hydrogen) atoms. The van der Waals surface area contributed by atoms with Crippen molar-refractivity contribution in [2.45, 2.75) is 0 Å². The molecule has 1 heterocycles. The van der Waals surface area contributed by atoms with E-state index >= 15 is 0 Å². The Morgan fingerprint density at radius 2 is 0.733 bits per heavy atom. The molecule has 0 saturated heterocycles. The quantitative estimate of drug-likeness (QED) is 0.153. The van der Waals surface area contributed by atoms with E-state index in [1.54, 1.807) is 0 Å². The summed E-state index contributed by atoms with van der Waals surface area (Å²) in [5.41, 5.74) is 16.9. The third-order valence-corrected chi connectivity index (χ3v) is 11.7. The summed E-state index contributed by atoms with van der Waals surface area (Å²) in [6, 6.07) is 84.8. The first kappa shape index (κ1) is 35.2. The van der Waals surface area contributed by atoms with Crippen LogP contribution in [0.4, 0.5) is 17.1 Å². The Balaban J connectivity index is 0.982. The lowest BCUT2D eigenvalue weighted by Gasteiger charge is -2.26. The summed E-state index contributed by atoms with van der Waals surface area (Å²) in [7, 11) is 0. The van der Waals surface area contributed by atoms with Crippen molar-refractivity contribution in [2.75, 3.05) is 4.90 Å². The third kappa shape index (κ3) is 6.51. The maximum absolute atomic E-state index is 6.59. The number of anilines is 3. The Morgan fingerprint density at radius 1 is 0.283 bits per heavy atom. The van der Waals surface area contributed by atoms with E-state index < -0.39 is 0 Å². The number of hydrogen-bond donors (Lipinski definition) is 0. The van der Waals surface area contributed by atoms with Gasteiger partial charge in [-0.05, 0) is 110 Å². The van der Waals surface area contributed by atoms with Gasteiger partial charge in [-0.3, -0.25) is 0 Å². The molecule has 11 rings (SSSR count). The van der Waals surface area contributed by atoms with Gasteiger partial charge in [0, 0.05) is 33.2 Å². The van der Waals surface area contributed by atoms with Crippen LogP contribution >= 0.6 is 0 Å². The number of fused-ring (bicyclic) bond motifs is 5. The zero-order valence-electron chi connectivity index (χ0n) is 32.9. The van der Waals surface area contributed by atoms with Crippen LogP contribution in [-0.2, 0) is 0 Å². The van der Waals surface area contributed by atoms with Gasteiger partial charge in [-0.15, -0.1) is 0 Å². The smallest absolute Gasteiger partial charge is 0.143 e. The first-order chi connectivity index (χ1) is 29.7. The lowest BCUT2D eigenvalue weighted by molar-refractivity contribution is 0.673. The van der Waals surface area contributed by atoms with Crippen molar-refractivity contribution in [2.24, 2.45) is 0 Å². The molecular formula is C58H39NO. The van der Waals surface area contributed by atoms with Gasteiger partial charge in [-0.25, -0.2) is 0 Å². The van der Waals surface area contributed by atoms with Crippen LogP contribution in [0.5, 0.6) is 0 Å². The normalized spacial score (nSPS) is 11.3. The summed E-state index contributed by atoms with van der Waals surface area (Å²) in [6.07, 6.45) is 0. The minimum atomic E-state index is 0.890. The van der Waals surface area contributed by atoms with E-state index in [-0.39, 0.29) is 0 Å². The molecule has 0 amide bonds. The van der Waals surface area contributed by atoms with Gasteiger partial charge in [0.1, 0.15) is 11.2 Å². The van der Waals surface area contributed by atoms with Gasteiger partial charge in [-0.2, -0.15) is 0 Å². The third-order valence-electron chi connectivity index (χ3n) is 11.7. The molecule has 0 radical (unpaired) electrons. The summed E-state index contributed by atoms with van der Waals surface area (Å²) < 4.78 is 6.59. The molecule has 0 fully saturated rings. The first-order valence-corrected chi connectivity index (χ1v) is 20.5. The first-order valence-electron chi connectivity index (χ1n) is 20.5. The number of hydrogen-bond acceptors (Lipinski definition) is 2. The molecule has 0 spiro atoms. The molecule has 2 nitrogen and oxygen atoms in total. The van der Waals surface area contributed by atoms with E-state index in [4.69, 9.17) is 4.42 Å². The SMILES string of the molecule is c1ccc(-c2ccc(-c3ccc(N(c4ccc(-c5ccc(-c6ccccc6)cc5)cc4)c4cccc(-c5cccc6oc7c8ccccc8ccc7c56)c4)cc3)cc2)cc1. The van der Waals surface area contributed by atoms with Crippen LogP contribution in [0.25, 0.3) is 88.3 Å². The van der Waals surface area contributed by atoms with Gasteiger partial charge in [0.25, 0.3) is 0 Å². The van der Waals surface area contributed by atoms with Crippen LogP contribution in [0.1, 0.15) is 0 Å². The van der Waals surface area contributed by atoms with Crippen molar-refractivity contribution in [3.63, 3.8) is 0 Å². The summed E-state index contributed by atoms with van der Waals surface area (Å²) >= 11 is 0. The Morgan fingerprint density at radius 3 is 1.28 bits per heavy atom. The maximum atomic E-state index is 6.59. The summed E-state index contributed by atoms with van der Waals surface area (Å²) in [4.78, 5) is 2.36. The minimum Gasteiger partial charge on any atom is -0.455 e. The van der Waals surface area contributed by atoms with Crippen LogP contribution in [0.15, 0.2) is 241 Å². The molecular weight excluding hydrogens is 727 g/mol. The van der Waals surface area contributed by atoms with Crippen molar-refractivity contribution in [3.8, 4) is 55.6 Å². The second-order valence-corrected chi connectivity index (χ2v) is 15.3. The molecule has 10 aromatic carbocycles. The number of benzene rings is 10. The van der Waals surface area contributed by atoms with E-state index in [0.717, 1.165) is 55.5 Å². The molecule has 0 saturated carbocycles. The van der Waals surface area contributed by atoms with Crippen molar-refractivity contribution < 1.29 is 4.42 Å². The average Bonchev–Trinajstić information content (AvgIpc) is 3.73. The highest BCUT2D eigenvalue weighted by Gasteiger charge is 2.18. The Labute approximate surface area is 349 Å². The predicted octanol–water partition coefficient (Wildman–Crippen LogP) is 16.5. The van der Waals surface area contributed by atoms with Gasteiger partial charge in [0.15, 0.2) is 0 Å². The fourth-order valence-corrected chi connectivity index (χ4v) is 8.63. The van der Waals surface area contributed by atoms with E-state index in [0.29, 0.717) is 0 Å². The van der Waals surface area contributed by atoms with Crippen molar-refractivity contribution in [1.82, 2.24) is 0 Å². The van der Waals surface area contributed by atoms with Gasteiger partial charge in [-0.1, -0.05) is 188 Å². The van der Waals surface area contributed by atoms with Crippen LogP contribution in [0.2, 0.25) is 0 Å². The van der Waals surface area contributed by atoms with Gasteiger partial charge in [0.2, 0.25) is 0 Å². The predicted molar refractivity (Wildman–Crippen MR) is 253 cm³/mol. The zero-order valence-corrected chi connectivity index (χ0v) is 32.9. The molecule has 1 aromatic heterocycles. The highest BCUT2D eigenvalue weighted by molar-refractivity contribution is 6.19. The van der Waals surface area contributed by atoms with E-state index in [2.05, 4.69) is 241 Å². The lowest BCUT2D eigenvalue weighted by atomic mass is 9.97. The highest BCUT2D eigenvalue weighted by atomic mass is 16.3. The monoisotopic (exact) mass is 765 g/mol. The molecule has 0 unspecified atom stereocenters. The second-order valence-electron chi connectivity index (χ2n) is 15.3. The van der Waals surface area contributed by atoms with Crippen molar-refractivity contribution in [1.29, 1.82) is 0 Å². The van der Waals surface area contributed by atoms with E-state index in [9.17, 15) is 0 Å². The Hall–Kier alpha value is -7.94. The largest absolute Gasteiger partial charge is 0.455 e. The molecule has 0 aliphatic carbocycles. The molecule has 282 valence electrons. The minimum absolute atomic E-state index is 0.890. The van der Waals surface area contributed by atoms with Crippen LogP contribution < -0.4 is 4.90 Å². The molecule has 11 aromatic rings. The number of furan rings is 1. The molecule has 0 N–H and O–H groups in total.